The number of hydrogen-bond donors (Lipinski definition) is 2. The van der Waals surface area contributed by atoms with Crippen molar-refractivity contribution >= 4 is 17.0 Å². The van der Waals surface area contributed by atoms with Crippen LogP contribution in [-0.4, -0.2) is 36.9 Å². The van der Waals surface area contributed by atoms with Crippen LogP contribution in [0.2, 0.25) is 0 Å². The summed E-state index contributed by atoms with van der Waals surface area (Å²) in [6.45, 7) is 1.35. The topological polar surface area (TPSA) is 89.8 Å². The monoisotopic (exact) mass is 251 g/mol. The van der Waals surface area contributed by atoms with Crippen molar-refractivity contribution in [2.24, 2.45) is 5.92 Å². The number of aromatic nitrogens is 4. The highest BCUT2D eigenvalue weighted by atomic mass is 19.1. The van der Waals surface area contributed by atoms with Gasteiger partial charge in [-0.05, 0) is 13.3 Å². The predicted molar refractivity (Wildman–Crippen MR) is 63.5 cm³/mol. The van der Waals surface area contributed by atoms with E-state index in [1.807, 2.05) is 0 Å². The van der Waals surface area contributed by atoms with Crippen LogP contribution in [0.1, 0.15) is 19.4 Å². The fourth-order valence-electron chi connectivity index (χ4n) is 2.58. The molecular formula is C11H14FN5O. The first-order valence-electron chi connectivity index (χ1n) is 5.78. The van der Waals surface area contributed by atoms with E-state index < -0.39 is 5.67 Å². The molecular weight excluding hydrogens is 237 g/mol. The van der Waals surface area contributed by atoms with Gasteiger partial charge in [-0.15, -0.1) is 0 Å². The van der Waals surface area contributed by atoms with E-state index in [0.717, 1.165) is 0 Å². The molecule has 2 aromatic heterocycles. The van der Waals surface area contributed by atoms with Crippen molar-refractivity contribution in [3.63, 3.8) is 0 Å². The maximum atomic E-state index is 14.4. The number of nitrogens with two attached hydrogens (primary N) is 1. The molecule has 2 heterocycles. The molecule has 0 amide bonds. The van der Waals surface area contributed by atoms with Crippen molar-refractivity contribution in [3.05, 3.63) is 12.7 Å². The second-order valence-electron chi connectivity index (χ2n) is 4.87. The third-order valence-corrected chi connectivity index (χ3v) is 3.90. The highest BCUT2D eigenvalue weighted by Crippen LogP contribution is 2.50. The lowest BCUT2D eigenvalue weighted by molar-refractivity contribution is -0.0809. The second kappa shape index (κ2) is 3.61. The molecule has 0 saturated heterocycles. The Kier molecular flexibility index (Phi) is 2.28. The molecule has 0 radical (unpaired) electrons. The Morgan fingerprint density at radius 2 is 2.33 bits per heavy atom. The number of aliphatic hydroxyl groups excluding tert-OH is 1. The molecule has 0 aromatic carbocycles. The molecule has 0 unspecified atom stereocenters. The van der Waals surface area contributed by atoms with Gasteiger partial charge in [-0.3, -0.25) is 0 Å². The Bertz CT molecular complexity index is 596. The number of aliphatic hydroxyl groups is 1. The highest BCUT2D eigenvalue weighted by molar-refractivity contribution is 5.81. The maximum Gasteiger partial charge on any atom is 0.165 e. The zero-order valence-electron chi connectivity index (χ0n) is 9.91. The van der Waals surface area contributed by atoms with Crippen molar-refractivity contribution in [1.82, 2.24) is 19.5 Å². The average molecular weight is 251 g/mol. The summed E-state index contributed by atoms with van der Waals surface area (Å²) in [6.07, 6.45) is 3.44. The summed E-state index contributed by atoms with van der Waals surface area (Å²) in [5, 5.41) is 9.08. The SMILES string of the molecule is C[C@@]1(F)[C@@H](CO)C[C@H]1n1cnc2c(N)ncnc21. The lowest BCUT2D eigenvalue weighted by atomic mass is 9.68. The fourth-order valence-corrected chi connectivity index (χ4v) is 2.58. The third kappa shape index (κ3) is 1.34. The van der Waals surface area contributed by atoms with Crippen molar-refractivity contribution < 1.29 is 9.50 Å². The van der Waals surface area contributed by atoms with Crippen LogP contribution >= 0.6 is 0 Å². The standard InChI is InChI=1S/C11H14FN5O/c1-11(12)6(3-18)2-7(11)17-5-16-8-9(13)14-4-15-10(8)17/h4-7,18H,2-3H2,1H3,(H2,13,14,15)/t6-,7-,11-/m1/s1. The Balaban J connectivity index is 2.04. The summed E-state index contributed by atoms with van der Waals surface area (Å²) in [6, 6.07) is -0.367. The number of anilines is 1. The zero-order valence-corrected chi connectivity index (χ0v) is 9.91. The van der Waals surface area contributed by atoms with Crippen LogP contribution in [0.25, 0.3) is 11.2 Å². The van der Waals surface area contributed by atoms with E-state index in [4.69, 9.17) is 10.8 Å². The fraction of sp³-hybridized carbons (Fsp3) is 0.545. The summed E-state index contributed by atoms with van der Waals surface area (Å²) in [7, 11) is 0. The molecule has 3 rings (SSSR count). The molecule has 1 fully saturated rings. The number of fused-ring (bicyclic) bond motifs is 1. The first-order valence-corrected chi connectivity index (χ1v) is 5.78. The lowest BCUT2D eigenvalue weighted by Gasteiger charge is -2.47. The van der Waals surface area contributed by atoms with E-state index in [0.29, 0.717) is 17.6 Å². The molecule has 1 aliphatic rings. The van der Waals surface area contributed by atoms with Gasteiger partial charge in [0.2, 0.25) is 0 Å². The first kappa shape index (κ1) is 11.3. The van der Waals surface area contributed by atoms with Gasteiger partial charge in [0.05, 0.1) is 12.4 Å². The number of nitrogen functional groups attached to an aromatic ring is 1. The second-order valence-corrected chi connectivity index (χ2v) is 4.87. The van der Waals surface area contributed by atoms with Crippen LogP contribution < -0.4 is 5.73 Å². The van der Waals surface area contributed by atoms with Crippen LogP contribution in [0, 0.1) is 5.92 Å². The minimum absolute atomic E-state index is 0.146. The molecule has 96 valence electrons. The molecule has 0 spiro atoms. The van der Waals surface area contributed by atoms with Crippen LogP contribution in [0.5, 0.6) is 0 Å². The number of hydrogen-bond acceptors (Lipinski definition) is 5. The molecule has 2 aromatic rings. The molecule has 18 heavy (non-hydrogen) atoms. The van der Waals surface area contributed by atoms with Crippen LogP contribution in [0.4, 0.5) is 10.2 Å². The number of imidazole rings is 1. The molecule has 1 aliphatic carbocycles. The van der Waals surface area contributed by atoms with E-state index in [2.05, 4.69) is 15.0 Å². The molecule has 3 N–H and O–H groups in total. The molecule has 3 atom stereocenters. The van der Waals surface area contributed by atoms with Gasteiger partial charge in [-0.1, -0.05) is 0 Å². The summed E-state index contributed by atoms with van der Waals surface area (Å²) in [5.41, 5.74) is 5.26. The lowest BCUT2D eigenvalue weighted by Crippen LogP contribution is -2.52. The highest BCUT2D eigenvalue weighted by Gasteiger charge is 2.53. The van der Waals surface area contributed by atoms with Crippen LogP contribution in [0.15, 0.2) is 12.7 Å². The Labute approximate surface area is 103 Å². The average Bonchev–Trinajstić information content (AvgIpc) is 2.74. The van der Waals surface area contributed by atoms with Gasteiger partial charge in [0.15, 0.2) is 11.5 Å². The van der Waals surface area contributed by atoms with Gasteiger partial charge in [-0.25, -0.2) is 19.3 Å². The van der Waals surface area contributed by atoms with Crippen LogP contribution in [-0.2, 0) is 0 Å². The van der Waals surface area contributed by atoms with E-state index in [1.165, 1.54) is 19.6 Å². The quantitative estimate of drug-likeness (QED) is 0.819. The van der Waals surface area contributed by atoms with Gasteiger partial charge in [-0.2, -0.15) is 0 Å². The number of nitrogens with zero attached hydrogens (tertiary/aromatic N) is 4. The van der Waals surface area contributed by atoms with Crippen molar-refractivity contribution in [2.75, 3.05) is 12.3 Å². The molecule has 0 aliphatic heterocycles. The van der Waals surface area contributed by atoms with Crippen LogP contribution in [0.3, 0.4) is 0 Å². The largest absolute Gasteiger partial charge is 0.396 e. The maximum absolute atomic E-state index is 14.4. The minimum Gasteiger partial charge on any atom is -0.396 e. The summed E-state index contributed by atoms with van der Waals surface area (Å²) in [5.74, 6) is -0.0449. The normalized spacial score (nSPS) is 31.5. The zero-order chi connectivity index (χ0) is 12.9. The molecule has 1 saturated carbocycles. The third-order valence-electron chi connectivity index (χ3n) is 3.90. The number of alkyl halides is 1. The Morgan fingerprint density at radius 1 is 1.56 bits per heavy atom. The van der Waals surface area contributed by atoms with Crippen molar-refractivity contribution in [3.8, 4) is 0 Å². The number of rotatable bonds is 2. The van der Waals surface area contributed by atoms with Gasteiger partial charge < -0.3 is 15.4 Å². The summed E-state index contributed by atoms with van der Waals surface area (Å²) < 4.78 is 16.1. The van der Waals surface area contributed by atoms with Gasteiger partial charge in [0.25, 0.3) is 0 Å². The van der Waals surface area contributed by atoms with E-state index in [9.17, 15) is 4.39 Å². The smallest absolute Gasteiger partial charge is 0.165 e. The van der Waals surface area contributed by atoms with Gasteiger partial charge in [0, 0.05) is 12.5 Å². The minimum atomic E-state index is -1.46. The predicted octanol–water partition coefficient (Wildman–Crippen LogP) is 0.690. The van der Waals surface area contributed by atoms with Gasteiger partial charge >= 0.3 is 0 Å². The Hall–Kier alpha value is -1.76. The van der Waals surface area contributed by atoms with E-state index >= 15 is 0 Å². The summed E-state index contributed by atoms with van der Waals surface area (Å²) >= 11 is 0. The summed E-state index contributed by atoms with van der Waals surface area (Å²) in [4.78, 5) is 12.1. The molecule has 7 heteroatoms. The van der Waals surface area contributed by atoms with E-state index in [1.54, 1.807) is 4.57 Å². The van der Waals surface area contributed by atoms with E-state index in [-0.39, 0.29) is 24.4 Å². The van der Waals surface area contributed by atoms with Gasteiger partial charge in [0.1, 0.15) is 17.5 Å². The molecule has 0 bridgehead atoms. The first-order chi connectivity index (χ1) is 8.55. The van der Waals surface area contributed by atoms with Crippen molar-refractivity contribution in [2.45, 2.75) is 25.1 Å². The molecule has 6 nitrogen and oxygen atoms in total. The number of halogens is 1. The Morgan fingerprint density at radius 3 is 3.00 bits per heavy atom. The van der Waals surface area contributed by atoms with Crippen molar-refractivity contribution in [1.29, 1.82) is 0 Å².